The summed E-state index contributed by atoms with van der Waals surface area (Å²) in [5.41, 5.74) is 1.74. The van der Waals surface area contributed by atoms with Crippen molar-refractivity contribution in [1.29, 1.82) is 0 Å². The standard InChI is InChI=1S/C13H11Cl2FN2/c1-8(9-2-4-11(14)12(15)6-9)18-10-3-5-13(16)17-7-10/h2-8,18H,1H3. The number of pyridine rings is 1. The van der Waals surface area contributed by atoms with Crippen LogP contribution in [0.4, 0.5) is 10.1 Å². The zero-order valence-electron chi connectivity index (χ0n) is 9.62. The molecule has 1 aromatic carbocycles. The largest absolute Gasteiger partial charge is 0.377 e. The average Bonchev–Trinajstić information content (AvgIpc) is 2.35. The fourth-order valence-corrected chi connectivity index (χ4v) is 1.88. The molecule has 0 amide bonds. The van der Waals surface area contributed by atoms with Crippen LogP contribution in [-0.2, 0) is 0 Å². The molecule has 1 heterocycles. The second-order valence-electron chi connectivity index (χ2n) is 3.91. The zero-order valence-corrected chi connectivity index (χ0v) is 11.1. The molecule has 0 aliphatic heterocycles. The highest BCUT2D eigenvalue weighted by Crippen LogP contribution is 2.27. The molecule has 0 spiro atoms. The van der Waals surface area contributed by atoms with E-state index < -0.39 is 5.95 Å². The zero-order chi connectivity index (χ0) is 13.1. The number of aromatic nitrogens is 1. The van der Waals surface area contributed by atoms with E-state index in [-0.39, 0.29) is 6.04 Å². The molecule has 0 saturated heterocycles. The highest BCUT2D eigenvalue weighted by molar-refractivity contribution is 6.42. The van der Waals surface area contributed by atoms with Gasteiger partial charge in [-0.1, -0.05) is 29.3 Å². The Labute approximate surface area is 115 Å². The summed E-state index contributed by atoms with van der Waals surface area (Å²) in [5.74, 6) is -0.497. The molecule has 0 bridgehead atoms. The van der Waals surface area contributed by atoms with Gasteiger partial charge in [0.2, 0.25) is 5.95 Å². The molecular weight excluding hydrogens is 274 g/mol. The lowest BCUT2D eigenvalue weighted by molar-refractivity contribution is 0.584. The van der Waals surface area contributed by atoms with Crippen molar-refractivity contribution in [3.8, 4) is 0 Å². The summed E-state index contributed by atoms with van der Waals surface area (Å²) in [6.45, 7) is 1.98. The minimum atomic E-state index is -0.497. The van der Waals surface area contributed by atoms with Gasteiger partial charge in [0.05, 0.1) is 21.9 Å². The Kier molecular flexibility index (Phi) is 4.04. The van der Waals surface area contributed by atoms with Gasteiger partial charge in [0.25, 0.3) is 0 Å². The summed E-state index contributed by atoms with van der Waals surface area (Å²) in [4.78, 5) is 3.58. The molecule has 18 heavy (non-hydrogen) atoms. The SMILES string of the molecule is CC(Nc1ccc(F)nc1)c1ccc(Cl)c(Cl)c1. The summed E-state index contributed by atoms with van der Waals surface area (Å²) >= 11 is 11.8. The minimum absolute atomic E-state index is 0.0204. The number of benzene rings is 1. The Morgan fingerprint density at radius 3 is 2.56 bits per heavy atom. The first-order valence-corrected chi connectivity index (χ1v) is 6.15. The van der Waals surface area contributed by atoms with Crippen molar-refractivity contribution in [3.63, 3.8) is 0 Å². The maximum Gasteiger partial charge on any atom is 0.212 e. The van der Waals surface area contributed by atoms with E-state index in [1.807, 2.05) is 13.0 Å². The lowest BCUT2D eigenvalue weighted by atomic mass is 10.1. The van der Waals surface area contributed by atoms with Crippen molar-refractivity contribution >= 4 is 28.9 Å². The summed E-state index contributed by atoms with van der Waals surface area (Å²) in [5, 5.41) is 4.24. The minimum Gasteiger partial charge on any atom is -0.377 e. The van der Waals surface area contributed by atoms with Crippen LogP contribution in [0.5, 0.6) is 0 Å². The topological polar surface area (TPSA) is 24.9 Å². The smallest absolute Gasteiger partial charge is 0.212 e. The van der Waals surface area contributed by atoms with Gasteiger partial charge in [-0.15, -0.1) is 0 Å². The number of halogens is 3. The summed E-state index contributed by atoms with van der Waals surface area (Å²) < 4.78 is 12.7. The molecule has 2 aromatic rings. The monoisotopic (exact) mass is 284 g/mol. The summed E-state index contributed by atoms with van der Waals surface area (Å²) in [7, 11) is 0. The molecule has 1 unspecified atom stereocenters. The van der Waals surface area contributed by atoms with Crippen LogP contribution in [0.1, 0.15) is 18.5 Å². The fraction of sp³-hybridized carbons (Fsp3) is 0.154. The van der Waals surface area contributed by atoms with E-state index in [1.54, 1.807) is 18.2 Å². The first-order valence-electron chi connectivity index (χ1n) is 5.39. The quantitative estimate of drug-likeness (QED) is 0.827. The molecule has 0 saturated carbocycles. The third kappa shape index (κ3) is 3.12. The normalized spacial score (nSPS) is 12.2. The maximum atomic E-state index is 12.7. The molecule has 1 N–H and O–H groups in total. The number of nitrogens with zero attached hydrogens (tertiary/aromatic N) is 1. The third-order valence-electron chi connectivity index (χ3n) is 2.55. The Hall–Kier alpha value is -1.32. The van der Waals surface area contributed by atoms with Gasteiger partial charge in [-0.05, 0) is 36.8 Å². The van der Waals surface area contributed by atoms with E-state index in [2.05, 4.69) is 10.3 Å². The number of anilines is 1. The molecule has 5 heteroatoms. The van der Waals surface area contributed by atoms with Crippen LogP contribution < -0.4 is 5.32 Å². The predicted octanol–water partition coefficient (Wildman–Crippen LogP) is 4.70. The molecule has 94 valence electrons. The van der Waals surface area contributed by atoms with Crippen LogP contribution in [0.15, 0.2) is 36.5 Å². The average molecular weight is 285 g/mol. The van der Waals surface area contributed by atoms with Crippen LogP contribution in [0, 0.1) is 5.95 Å². The highest BCUT2D eigenvalue weighted by Gasteiger charge is 2.07. The van der Waals surface area contributed by atoms with Crippen LogP contribution >= 0.6 is 23.2 Å². The van der Waals surface area contributed by atoms with Crippen molar-refractivity contribution < 1.29 is 4.39 Å². The van der Waals surface area contributed by atoms with Crippen molar-refractivity contribution in [2.75, 3.05) is 5.32 Å². The molecule has 1 atom stereocenters. The van der Waals surface area contributed by atoms with Gasteiger partial charge < -0.3 is 5.32 Å². The van der Waals surface area contributed by atoms with Crippen LogP contribution in [0.2, 0.25) is 10.0 Å². The summed E-state index contributed by atoms with van der Waals surface area (Å²) in [6, 6.07) is 8.41. The van der Waals surface area contributed by atoms with Crippen LogP contribution in [-0.4, -0.2) is 4.98 Å². The van der Waals surface area contributed by atoms with Crippen molar-refractivity contribution in [3.05, 3.63) is 58.1 Å². The Balaban J connectivity index is 2.13. The fourth-order valence-electron chi connectivity index (χ4n) is 1.58. The van der Waals surface area contributed by atoms with E-state index in [0.717, 1.165) is 11.3 Å². The Bertz CT molecular complexity index is 543. The van der Waals surface area contributed by atoms with Crippen molar-refractivity contribution in [2.45, 2.75) is 13.0 Å². The lowest BCUT2D eigenvalue weighted by Crippen LogP contribution is -2.06. The van der Waals surface area contributed by atoms with E-state index >= 15 is 0 Å². The Morgan fingerprint density at radius 1 is 1.17 bits per heavy atom. The number of nitrogens with one attached hydrogen (secondary N) is 1. The van der Waals surface area contributed by atoms with E-state index in [9.17, 15) is 4.39 Å². The second-order valence-corrected chi connectivity index (χ2v) is 4.72. The molecule has 0 aliphatic carbocycles. The predicted molar refractivity (Wildman–Crippen MR) is 72.7 cm³/mol. The lowest BCUT2D eigenvalue weighted by Gasteiger charge is -2.16. The van der Waals surface area contributed by atoms with Crippen LogP contribution in [0.3, 0.4) is 0 Å². The van der Waals surface area contributed by atoms with Crippen molar-refractivity contribution in [1.82, 2.24) is 4.98 Å². The van der Waals surface area contributed by atoms with Gasteiger partial charge in [-0.2, -0.15) is 4.39 Å². The van der Waals surface area contributed by atoms with E-state index in [0.29, 0.717) is 10.0 Å². The molecule has 0 fully saturated rings. The summed E-state index contributed by atoms with van der Waals surface area (Å²) in [6.07, 6.45) is 1.45. The molecule has 0 aliphatic rings. The first kappa shape index (κ1) is 13.1. The van der Waals surface area contributed by atoms with E-state index in [4.69, 9.17) is 23.2 Å². The number of hydrogen-bond acceptors (Lipinski definition) is 2. The van der Waals surface area contributed by atoms with E-state index in [1.165, 1.54) is 12.3 Å². The molecular formula is C13H11Cl2FN2. The Morgan fingerprint density at radius 2 is 1.94 bits per heavy atom. The third-order valence-corrected chi connectivity index (χ3v) is 3.29. The van der Waals surface area contributed by atoms with Gasteiger partial charge in [0.1, 0.15) is 0 Å². The first-order chi connectivity index (χ1) is 8.56. The van der Waals surface area contributed by atoms with Gasteiger partial charge in [0.15, 0.2) is 0 Å². The van der Waals surface area contributed by atoms with Crippen LogP contribution in [0.25, 0.3) is 0 Å². The highest BCUT2D eigenvalue weighted by atomic mass is 35.5. The van der Waals surface area contributed by atoms with Crippen molar-refractivity contribution in [2.24, 2.45) is 0 Å². The number of rotatable bonds is 3. The van der Waals surface area contributed by atoms with Gasteiger partial charge in [0, 0.05) is 6.04 Å². The maximum absolute atomic E-state index is 12.7. The molecule has 1 aromatic heterocycles. The molecule has 2 rings (SSSR count). The van der Waals surface area contributed by atoms with Gasteiger partial charge >= 0.3 is 0 Å². The molecule has 0 radical (unpaired) electrons. The second kappa shape index (κ2) is 5.55. The molecule has 2 nitrogen and oxygen atoms in total. The number of hydrogen-bond donors (Lipinski definition) is 1. The van der Waals surface area contributed by atoms with Gasteiger partial charge in [-0.3, -0.25) is 0 Å². The van der Waals surface area contributed by atoms with Gasteiger partial charge in [-0.25, -0.2) is 4.98 Å².